The first-order valence-corrected chi connectivity index (χ1v) is 7.10. The van der Waals surface area contributed by atoms with Crippen LogP contribution in [-0.4, -0.2) is 19.3 Å². The molecule has 2 unspecified atom stereocenters. The van der Waals surface area contributed by atoms with Crippen molar-refractivity contribution >= 4 is 11.3 Å². The van der Waals surface area contributed by atoms with Gasteiger partial charge in [-0.15, -0.1) is 11.3 Å². The summed E-state index contributed by atoms with van der Waals surface area (Å²) in [4.78, 5) is 2.90. The van der Waals surface area contributed by atoms with Gasteiger partial charge in [-0.2, -0.15) is 0 Å². The molecule has 2 rings (SSSR count). The van der Waals surface area contributed by atoms with Crippen LogP contribution in [0.3, 0.4) is 0 Å². The Morgan fingerprint density at radius 2 is 2.38 bits per heavy atom. The number of hydrogen-bond donors (Lipinski definition) is 1. The Morgan fingerprint density at radius 1 is 1.50 bits per heavy atom. The van der Waals surface area contributed by atoms with Gasteiger partial charge < -0.3 is 10.1 Å². The summed E-state index contributed by atoms with van der Waals surface area (Å²) < 4.78 is 5.81. The summed E-state index contributed by atoms with van der Waals surface area (Å²) >= 11 is 1.93. The molecule has 1 aliphatic rings. The molecule has 0 aromatic carbocycles. The Hall–Kier alpha value is -0.380. The van der Waals surface area contributed by atoms with Crippen LogP contribution in [0.1, 0.15) is 42.5 Å². The Labute approximate surface area is 102 Å². The summed E-state index contributed by atoms with van der Waals surface area (Å²) in [7, 11) is 0. The molecular weight excluding hydrogens is 218 g/mol. The van der Waals surface area contributed by atoms with Gasteiger partial charge in [-0.05, 0) is 37.9 Å². The van der Waals surface area contributed by atoms with Crippen molar-refractivity contribution in [1.29, 1.82) is 0 Å². The van der Waals surface area contributed by atoms with Crippen LogP contribution < -0.4 is 5.32 Å². The molecule has 1 N–H and O–H groups in total. The Kier molecular flexibility index (Phi) is 4.38. The predicted molar refractivity (Wildman–Crippen MR) is 69.1 cm³/mol. The van der Waals surface area contributed by atoms with Crippen LogP contribution >= 0.6 is 11.3 Å². The molecule has 90 valence electrons. The molecule has 0 amide bonds. The summed E-state index contributed by atoms with van der Waals surface area (Å²) in [6.45, 7) is 6.31. The number of aryl methyl sites for hydroxylation is 1. The standard InChI is InChI=1S/C13H21NOS/c1-3-10-7-8-12(16-10)13(14-4-2)11-6-5-9-15-11/h7-8,11,13-14H,3-6,9H2,1-2H3. The summed E-state index contributed by atoms with van der Waals surface area (Å²) in [6.07, 6.45) is 3.91. The number of nitrogens with one attached hydrogen (secondary N) is 1. The summed E-state index contributed by atoms with van der Waals surface area (Å²) in [5.74, 6) is 0. The third-order valence-corrected chi connectivity index (χ3v) is 4.41. The first-order valence-electron chi connectivity index (χ1n) is 6.28. The lowest BCUT2D eigenvalue weighted by Gasteiger charge is -2.22. The molecule has 2 nitrogen and oxygen atoms in total. The van der Waals surface area contributed by atoms with E-state index in [1.807, 2.05) is 11.3 Å². The van der Waals surface area contributed by atoms with E-state index in [2.05, 4.69) is 31.3 Å². The van der Waals surface area contributed by atoms with Crippen LogP contribution in [0.15, 0.2) is 12.1 Å². The van der Waals surface area contributed by atoms with E-state index in [1.165, 1.54) is 22.6 Å². The molecule has 1 aliphatic heterocycles. The second-order valence-corrected chi connectivity index (χ2v) is 5.44. The monoisotopic (exact) mass is 239 g/mol. The smallest absolute Gasteiger partial charge is 0.0778 e. The van der Waals surface area contributed by atoms with E-state index >= 15 is 0 Å². The highest BCUT2D eigenvalue weighted by Gasteiger charge is 2.27. The minimum Gasteiger partial charge on any atom is -0.376 e. The van der Waals surface area contributed by atoms with Gasteiger partial charge in [0, 0.05) is 16.4 Å². The average Bonchev–Trinajstić information content (AvgIpc) is 2.97. The Balaban J connectivity index is 2.10. The molecule has 3 heteroatoms. The number of ether oxygens (including phenoxy) is 1. The van der Waals surface area contributed by atoms with Crippen LogP contribution in [0.5, 0.6) is 0 Å². The summed E-state index contributed by atoms with van der Waals surface area (Å²) in [6, 6.07) is 4.91. The summed E-state index contributed by atoms with van der Waals surface area (Å²) in [5.41, 5.74) is 0. The molecule has 1 fully saturated rings. The molecule has 0 radical (unpaired) electrons. The topological polar surface area (TPSA) is 21.3 Å². The van der Waals surface area contributed by atoms with E-state index in [0.717, 1.165) is 19.6 Å². The molecule has 0 saturated carbocycles. The van der Waals surface area contributed by atoms with E-state index in [-0.39, 0.29) is 0 Å². The van der Waals surface area contributed by atoms with Crippen molar-refractivity contribution in [3.05, 3.63) is 21.9 Å². The van der Waals surface area contributed by atoms with Gasteiger partial charge in [-0.3, -0.25) is 0 Å². The minimum atomic E-state index is 0.378. The van der Waals surface area contributed by atoms with Gasteiger partial charge in [0.25, 0.3) is 0 Å². The molecule has 16 heavy (non-hydrogen) atoms. The van der Waals surface area contributed by atoms with Gasteiger partial charge in [0.2, 0.25) is 0 Å². The van der Waals surface area contributed by atoms with Crippen molar-refractivity contribution < 1.29 is 4.74 Å². The van der Waals surface area contributed by atoms with Gasteiger partial charge in [-0.1, -0.05) is 13.8 Å². The third kappa shape index (κ3) is 2.65. The molecule has 1 aromatic rings. The summed E-state index contributed by atoms with van der Waals surface area (Å²) in [5, 5.41) is 3.56. The number of hydrogen-bond acceptors (Lipinski definition) is 3. The van der Waals surface area contributed by atoms with E-state index < -0.39 is 0 Å². The average molecular weight is 239 g/mol. The third-order valence-electron chi connectivity index (χ3n) is 3.10. The number of likely N-dealkylation sites (N-methyl/N-ethyl adjacent to an activating group) is 1. The Morgan fingerprint density at radius 3 is 2.94 bits per heavy atom. The molecular formula is C13H21NOS. The van der Waals surface area contributed by atoms with Crippen LogP contribution in [0, 0.1) is 0 Å². The molecule has 0 bridgehead atoms. The maximum Gasteiger partial charge on any atom is 0.0778 e. The zero-order valence-corrected chi connectivity index (χ0v) is 11.0. The SMILES string of the molecule is CCNC(c1ccc(CC)s1)C1CCCO1. The maximum absolute atomic E-state index is 5.81. The van der Waals surface area contributed by atoms with E-state index in [0.29, 0.717) is 12.1 Å². The van der Waals surface area contributed by atoms with Crippen molar-refractivity contribution in [2.45, 2.75) is 45.3 Å². The minimum absolute atomic E-state index is 0.378. The lowest BCUT2D eigenvalue weighted by atomic mass is 10.1. The largest absolute Gasteiger partial charge is 0.376 e. The molecule has 2 atom stereocenters. The number of rotatable bonds is 5. The predicted octanol–water partition coefficient (Wildman–Crippen LogP) is 3.14. The van der Waals surface area contributed by atoms with E-state index in [4.69, 9.17) is 4.74 Å². The van der Waals surface area contributed by atoms with Crippen LogP contribution in [0.4, 0.5) is 0 Å². The quantitative estimate of drug-likeness (QED) is 0.852. The lowest BCUT2D eigenvalue weighted by molar-refractivity contribution is 0.0798. The van der Waals surface area contributed by atoms with Crippen LogP contribution in [0.25, 0.3) is 0 Å². The first kappa shape index (κ1) is 12.1. The van der Waals surface area contributed by atoms with Crippen LogP contribution in [-0.2, 0) is 11.2 Å². The first-order chi connectivity index (χ1) is 7.85. The van der Waals surface area contributed by atoms with Gasteiger partial charge >= 0.3 is 0 Å². The van der Waals surface area contributed by atoms with Crippen molar-refractivity contribution in [3.63, 3.8) is 0 Å². The molecule has 1 aromatic heterocycles. The van der Waals surface area contributed by atoms with E-state index in [1.54, 1.807) is 0 Å². The van der Waals surface area contributed by atoms with Crippen molar-refractivity contribution in [2.24, 2.45) is 0 Å². The zero-order chi connectivity index (χ0) is 11.4. The highest BCUT2D eigenvalue weighted by atomic mass is 32.1. The zero-order valence-electron chi connectivity index (χ0n) is 10.2. The lowest BCUT2D eigenvalue weighted by Crippen LogP contribution is -2.30. The fraction of sp³-hybridized carbons (Fsp3) is 0.692. The second kappa shape index (κ2) is 5.80. The van der Waals surface area contributed by atoms with Gasteiger partial charge in [0.05, 0.1) is 12.1 Å². The molecule has 0 aliphatic carbocycles. The van der Waals surface area contributed by atoms with E-state index in [9.17, 15) is 0 Å². The van der Waals surface area contributed by atoms with Crippen molar-refractivity contribution in [3.8, 4) is 0 Å². The molecule has 2 heterocycles. The molecule has 0 spiro atoms. The van der Waals surface area contributed by atoms with Gasteiger partial charge in [-0.25, -0.2) is 0 Å². The van der Waals surface area contributed by atoms with Crippen molar-refractivity contribution in [2.75, 3.05) is 13.2 Å². The molecule has 1 saturated heterocycles. The highest BCUT2D eigenvalue weighted by molar-refractivity contribution is 7.12. The van der Waals surface area contributed by atoms with Gasteiger partial charge in [0.1, 0.15) is 0 Å². The second-order valence-electron chi connectivity index (χ2n) is 4.24. The van der Waals surface area contributed by atoms with Crippen molar-refractivity contribution in [1.82, 2.24) is 5.32 Å². The number of thiophene rings is 1. The Bertz CT molecular complexity index is 317. The fourth-order valence-corrected chi connectivity index (χ4v) is 3.33. The highest BCUT2D eigenvalue weighted by Crippen LogP contribution is 2.31. The van der Waals surface area contributed by atoms with Gasteiger partial charge in [0.15, 0.2) is 0 Å². The normalized spacial score (nSPS) is 22.5. The maximum atomic E-state index is 5.81. The van der Waals surface area contributed by atoms with Crippen LogP contribution in [0.2, 0.25) is 0 Å². The fourth-order valence-electron chi connectivity index (χ4n) is 2.25.